The van der Waals surface area contributed by atoms with Crippen molar-refractivity contribution < 1.29 is 4.79 Å². The molecule has 0 aliphatic carbocycles. The molecule has 2 aromatic carbocycles. The van der Waals surface area contributed by atoms with Crippen LogP contribution in [0.2, 0.25) is 0 Å². The van der Waals surface area contributed by atoms with Gasteiger partial charge in [-0.05, 0) is 31.4 Å². The molecule has 0 radical (unpaired) electrons. The average Bonchev–Trinajstić information content (AvgIpc) is 2.48. The zero-order valence-corrected chi connectivity index (χ0v) is 12.5. The first-order valence-electron chi connectivity index (χ1n) is 7.22. The van der Waals surface area contributed by atoms with Crippen molar-refractivity contribution in [3.8, 4) is 0 Å². The molecule has 0 saturated carbocycles. The minimum absolute atomic E-state index is 0.0417. The fraction of sp³-hybridized carbons (Fsp3) is 0.278. The topological polar surface area (TPSA) is 55.1 Å². The summed E-state index contributed by atoms with van der Waals surface area (Å²) in [5.41, 5.74) is 9.35. The molecule has 0 fully saturated rings. The van der Waals surface area contributed by atoms with Crippen LogP contribution in [0.4, 0.5) is 0 Å². The number of nitrogens with one attached hydrogen (secondary N) is 1. The van der Waals surface area contributed by atoms with Crippen LogP contribution in [0.1, 0.15) is 29.7 Å². The van der Waals surface area contributed by atoms with Crippen molar-refractivity contribution in [1.29, 1.82) is 0 Å². The summed E-state index contributed by atoms with van der Waals surface area (Å²) in [6, 6.07) is 17.4. The van der Waals surface area contributed by atoms with Gasteiger partial charge in [-0.1, -0.05) is 60.2 Å². The molecule has 110 valence electrons. The Morgan fingerprint density at radius 1 is 1.10 bits per heavy atom. The molecule has 0 aliphatic heterocycles. The second kappa shape index (κ2) is 7.04. The van der Waals surface area contributed by atoms with Gasteiger partial charge in [0.05, 0.1) is 12.1 Å². The number of benzene rings is 2. The van der Waals surface area contributed by atoms with Gasteiger partial charge >= 0.3 is 0 Å². The van der Waals surface area contributed by atoms with E-state index < -0.39 is 6.04 Å². The molecule has 2 aromatic rings. The summed E-state index contributed by atoms with van der Waals surface area (Å²) in [6.07, 6.45) is 0.549. The van der Waals surface area contributed by atoms with E-state index in [-0.39, 0.29) is 11.9 Å². The first-order valence-corrected chi connectivity index (χ1v) is 7.22. The minimum Gasteiger partial charge on any atom is -0.348 e. The second-order valence-electron chi connectivity index (χ2n) is 5.44. The Morgan fingerprint density at radius 3 is 2.33 bits per heavy atom. The predicted molar refractivity (Wildman–Crippen MR) is 85.9 cm³/mol. The largest absolute Gasteiger partial charge is 0.348 e. The van der Waals surface area contributed by atoms with Crippen LogP contribution in [0, 0.1) is 6.92 Å². The van der Waals surface area contributed by atoms with Crippen LogP contribution in [0.5, 0.6) is 0 Å². The SMILES string of the molecule is Cc1ccc(C(C)NC(=O)[C@H](N)Cc2ccccc2)cc1. The van der Waals surface area contributed by atoms with Crippen molar-refractivity contribution >= 4 is 5.91 Å². The average molecular weight is 282 g/mol. The summed E-state index contributed by atoms with van der Waals surface area (Å²) < 4.78 is 0. The lowest BCUT2D eigenvalue weighted by Gasteiger charge is -2.18. The summed E-state index contributed by atoms with van der Waals surface area (Å²) in [5, 5.41) is 2.97. The minimum atomic E-state index is -0.528. The lowest BCUT2D eigenvalue weighted by molar-refractivity contribution is -0.123. The zero-order chi connectivity index (χ0) is 15.2. The molecule has 0 bridgehead atoms. The fourth-order valence-corrected chi connectivity index (χ4v) is 2.22. The smallest absolute Gasteiger partial charge is 0.237 e. The molecule has 3 N–H and O–H groups in total. The number of hydrogen-bond acceptors (Lipinski definition) is 2. The van der Waals surface area contributed by atoms with Crippen LogP contribution < -0.4 is 11.1 Å². The third-order valence-corrected chi connectivity index (χ3v) is 3.57. The highest BCUT2D eigenvalue weighted by Crippen LogP contribution is 2.13. The monoisotopic (exact) mass is 282 g/mol. The van der Waals surface area contributed by atoms with E-state index >= 15 is 0 Å². The van der Waals surface area contributed by atoms with Crippen LogP contribution in [0.3, 0.4) is 0 Å². The van der Waals surface area contributed by atoms with E-state index in [9.17, 15) is 4.79 Å². The number of carbonyl (C=O) groups is 1. The Morgan fingerprint density at radius 2 is 1.71 bits per heavy atom. The van der Waals surface area contributed by atoms with Gasteiger partial charge in [0.2, 0.25) is 5.91 Å². The first-order chi connectivity index (χ1) is 10.1. The summed E-state index contributed by atoms with van der Waals surface area (Å²) in [4.78, 5) is 12.2. The van der Waals surface area contributed by atoms with Gasteiger partial charge in [-0.2, -0.15) is 0 Å². The number of hydrogen-bond donors (Lipinski definition) is 2. The molecule has 1 amide bonds. The number of nitrogens with two attached hydrogens (primary N) is 1. The molecule has 1 unspecified atom stereocenters. The van der Waals surface area contributed by atoms with Gasteiger partial charge < -0.3 is 11.1 Å². The number of carbonyl (C=O) groups excluding carboxylic acids is 1. The number of aryl methyl sites for hydroxylation is 1. The van der Waals surface area contributed by atoms with Crippen LogP contribution in [0.25, 0.3) is 0 Å². The summed E-state index contributed by atoms with van der Waals surface area (Å²) in [6.45, 7) is 4.01. The maximum Gasteiger partial charge on any atom is 0.237 e. The third kappa shape index (κ3) is 4.43. The number of amides is 1. The first kappa shape index (κ1) is 15.3. The van der Waals surface area contributed by atoms with Gasteiger partial charge in [-0.15, -0.1) is 0 Å². The highest BCUT2D eigenvalue weighted by molar-refractivity contribution is 5.82. The van der Waals surface area contributed by atoms with Crippen molar-refractivity contribution in [3.05, 3.63) is 71.3 Å². The van der Waals surface area contributed by atoms with Crippen LogP contribution >= 0.6 is 0 Å². The standard InChI is InChI=1S/C18H22N2O/c1-13-8-10-16(11-9-13)14(2)20-18(21)17(19)12-15-6-4-3-5-7-15/h3-11,14,17H,12,19H2,1-2H3,(H,20,21)/t14?,17-/m1/s1. The summed E-state index contributed by atoms with van der Waals surface area (Å²) >= 11 is 0. The molecule has 3 nitrogen and oxygen atoms in total. The maximum atomic E-state index is 12.2. The van der Waals surface area contributed by atoms with Gasteiger partial charge in [0.25, 0.3) is 0 Å². The van der Waals surface area contributed by atoms with Gasteiger partial charge in [0.15, 0.2) is 0 Å². The normalized spacial score (nSPS) is 13.5. The van der Waals surface area contributed by atoms with Crippen molar-refractivity contribution in [2.45, 2.75) is 32.4 Å². The van der Waals surface area contributed by atoms with Crippen LogP contribution in [0.15, 0.2) is 54.6 Å². The highest BCUT2D eigenvalue weighted by Gasteiger charge is 2.16. The molecule has 0 saturated heterocycles. The molecule has 0 spiro atoms. The summed E-state index contributed by atoms with van der Waals surface area (Å²) in [5.74, 6) is -0.119. The van der Waals surface area contributed by atoms with Gasteiger partial charge in [-0.25, -0.2) is 0 Å². The van der Waals surface area contributed by atoms with Crippen molar-refractivity contribution in [2.75, 3.05) is 0 Å². The molecule has 2 rings (SSSR count). The molecule has 21 heavy (non-hydrogen) atoms. The van der Waals surface area contributed by atoms with Crippen LogP contribution in [-0.4, -0.2) is 11.9 Å². The lowest BCUT2D eigenvalue weighted by Crippen LogP contribution is -2.42. The Labute approximate surface area is 126 Å². The van der Waals surface area contributed by atoms with E-state index in [0.717, 1.165) is 11.1 Å². The van der Waals surface area contributed by atoms with E-state index in [2.05, 4.69) is 5.32 Å². The highest BCUT2D eigenvalue weighted by atomic mass is 16.2. The Bertz CT molecular complexity index is 578. The fourth-order valence-electron chi connectivity index (χ4n) is 2.22. The molecule has 0 aliphatic rings. The molecule has 0 aromatic heterocycles. The lowest BCUT2D eigenvalue weighted by atomic mass is 10.0. The van der Waals surface area contributed by atoms with Gasteiger partial charge in [0, 0.05) is 0 Å². The van der Waals surface area contributed by atoms with E-state index in [1.54, 1.807) is 0 Å². The third-order valence-electron chi connectivity index (χ3n) is 3.57. The molecule has 2 atom stereocenters. The zero-order valence-electron chi connectivity index (χ0n) is 12.5. The molecular weight excluding hydrogens is 260 g/mol. The predicted octanol–water partition coefficient (Wildman–Crippen LogP) is 2.74. The van der Waals surface area contributed by atoms with E-state index in [1.165, 1.54) is 5.56 Å². The van der Waals surface area contributed by atoms with Gasteiger partial charge in [-0.3, -0.25) is 4.79 Å². The molecule has 0 heterocycles. The van der Waals surface area contributed by atoms with E-state index in [0.29, 0.717) is 6.42 Å². The van der Waals surface area contributed by atoms with Crippen molar-refractivity contribution in [3.63, 3.8) is 0 Å². The molecular formula is C18H22N2O. The maximum absolute atomic E-state index is 12.2. The van der Waals surface area contributed by atoms with E-state index in [4.69, 9.17) is 5.73 Å². The van der Waals surface area contributed by atoms with Crippen LogP contribution in [-0.2, 0) is 11.2 Å². The Hall–Kier alpha value is -2.13. The van der Waals surface area contributed by atoms with Gasteiger partial charge in [0.1, 0.15) is 0 Å². The van der Waals surface area contributed by atoms with E-state index in [1.807, 2.05) is 68.4 Å². The Balaban J connectivity index is 1.92. The molecule has 3 heteroatoms. The summed E-state index contributed by atoms with van der Waals surface area (Å²) in [7, 11) is 0. The van der Waals surface area contributed by atoms with Crippen molar-refractivity contribution in [1.82, 2.24) is 5.32 Å². The quantitative estimate of drug-likeness (QED) is 0.886. The Kier molecular flexibility index (Phi) is 5.12. The van der Waals surface area contributed by atoms with Crippen molar-refractivity contribution in [2.24, 2.45) is 5.73 Å². The second-order valence-corrected chi connectivity index (χ2v) is 5.44. The number of rotatable bonds is 5.